The fourth-order valence-electron chi connectivity index (χ4n) is 1.76. The summed E-state index contributed by atoms with van der Waals surface area (Å²) in [5, 5.41) is 4.11. The van der Waals surface area contributed by atoms with E-state index in [-0.39, 0.29) is 0 Å². The number of nitrogens with one attached hydrogen (secondary N) is 1. The molecule has 0 amide bonds. The Morgan fingerprint density at radius 2 is 1.95 bits per heavy atom. The van der Waals surface area contributed by atoms with E-state index in [1.807, 2.05) is 37.3 Å². The van der Waals surface area contributed by atoms with Crippen LogP contribution in [0.4, 0.5) is 5.69 Å². The molecule has 0 saturated heterocycles. The predicted octanol–water partition coefficient (Wildman–Crippen LogP) is 5.54. The van der Waals surface area contributed by atoms with Crippen LogP contribution >= 0.6 is 27.5 Å². The Balaban J connectivity index is 2.07. The van der Waals surface area contributed by atoms with Crippen molar-refractivity contribution in [1.29, 1.82) is 0 Å². The molecule has 0 heterocycles. The Bertz CT molecular complexity index is 593. The molecule has 0 aromatic heterocycles. The molecule has 3 heteroatoms. The molecular weight excluding hydrogens is 322 g/mol. The van der Waals surface area contributed by atoms with Gasteiger partial charge in [-0.15, -0.1) is 0 Å². The first-order valence-electron chi connectivity index (χ1n) is 6.00. The van der Waals surface area contributed by atoms with Crippen LogP contribution in [0.2, 0.25) is 5.02 Å². The van der Waals surface area contributed by atoms with Crippen molar-refractivity contribution < 1.29 is 0 Å². The first-order valence-corrected chi connectivity index (χ1v) is 7.17. The number of rotatable bonds is 4. The zero-order chi connectivity index (χ0) is 13.8. The average Bonchev–Trinajstić information content (AvgIpc) is 2.42. The minimum Gasteiger partial charge on any atom is -0.380 e. The van der Waals surface area contributed by atoms with Crippen LogP contribution in [0.15, 0.2) is 53.5 Å². The molecule has 19 heavy (non-hydrogen) atoms. The third-order valence-electron chi connectivity index (χ3n) is 2.92. The van der Waals surface area contributed by atoms with E-state index in [9.17, 15) is 0 Å². The SMILES string of the molecule is C=C(CNc1cc(Cl)c(C)cc1Br)c1ccccc1. The molecule has 0 aliphatic carbocycles. The predicted molar refractivity (Wildman–Crippen MR) is 87.9 cm³/mol. The van der Waals surface area contributed by atoms with Crippen LogP contribution in [-0.4, -0.2) is 6.54 Å². The van der Waals surface area contributed by atoms with Crippen LogP contribution < -0.4 is 5.32 Å². The minimum absolute atomic E-state index is 0.683. The normalized spacial score (nSPS) is 10.3. The highest BCUT2D eigenvalue weighted by atomic mass is 79.9. The van der Waals surface area contributed by atoms with Gasteiger partial charge in [0.15, 0.2) is 0 Å². The van der Waals surface area contributed by atoms with Crippen LogP contribution in [0.1, 0.15) is 11.1 Å². The summed E-state index contributed by atoms with van der Waals surface area (Å²) in [6.07, 6.45) is 0. The lowest BCUT2D eigenvalue weighted by molar-refractivity contribution is 1.32. The Hall–Kier alpha value is -1.25. The lowest BCUT2D eigenvalue weighted by Crippen LogP contribution is -2.04. The van der Waals surface area contributed by atoms with E-state index in [1.165, 1.54) is 0 Å². The highest BCUT2D eigenvalue weighted by Gasteiger charge is 2.05. The van der Waals surface area contributed by atoms with Crippen molar-refractivity contribution in [1.82, 2.24) is 0 Å². The molecule has 98 valence electrons. The van der Waals surface area contributed by atoms with Gasteiger partial charge in [-0.2, -0.15) is 0 Å². The summed E-state index contributed by atoms with van der Waals surface area (Å²) in [4.78, 5) is 0. The van der Waals surface area contributed by atoms with Crippen molar-refractivity contribution in [2.45, 2.75) is 6.92 Å². The molecule has 0 aliphatic heterocycles. The quantitative estimate of drug-likeness (QED) is 0.773. The summed E-state index contributed by atoms with van der Waals surface area (Å²) < 4.78 is 1.01. The van der Waals surface area contributed by atoms with E-state index in [0.717, 1.165) is 31.9 Å². The number of halogens is 2. The minimum atomic E-state index is 0.683. The zero-order valence-corrected chi connectivity index (χ0v) is 13.1. The molecule has 0 aliphatic rings. The van der Waals surface area contributed by atoms with E-state index in [2.05, 4.69) is 40.0 Å². The van der Waals surface area contributed by atoms with Crippen molar-refractivity contribution in [3.63, 3.8) is 0 Å². The van der Waals surface area contributed by atoms with Gasteiger partial charge in [-0.05, 0) is 51.7 Å². The van der Waals surface area contributed by atoms with Crippen molar-refractivity contribution in [2.24, 2.45) is 0 Å². The van der Waals surface area contributed by atoms with Crippen molar-refractivity contribution >= 4 is 38.8 Å². The topological polar surface area (TPSA) is 12.0 Å². The summed E-state index contributed by atoms with van der Waals surface area (Å²) in [7, 11) is 0. The van der Waals surface area contributed by atoms with Gasteiger partial charge in [-0.1, -0.05) is 48.5 Å². The van der Waals surface area contributed by atoms with Crippen LogP contribution in [0.25, 0.3) is 5.57 Å². The van der Waals surface area contributed by atoms with Gasteiger partial charge in [0.1, 0.15) is 0 Å². The lowest BCUT2D eigenvalue weighted by atomic mass is 10.1. The summed E-state index contributed by atoms with van der Waals surface area (Å²) >= 11 is 9.67. The maximum Gasteiger partial charge on any atom is 0.0502 e. The van der Waals surface area contributed by atoms with Crippen molar-refractivity contribution in [3.8, 4) is 0 Å². The highest BCUT2D eigenvalue weighted by Crippen LogP contribution is 2.29. The van der Waals surface area contributed by atoms with Crippen molar-refractivity contribution in [2.75, 3.05) is 11.9 Å². The van der Waals surface area contributed by atoms with Gasteiger partial charge in [-0.3, -0.25) is 0 Å². The van der Waals surface area contributed by atoms with E-state index in [1.54, 1.807) is 0 Å². The Morgan fingerprint density at radius 3 is 2.63 bits per heavy atom. The van der Waals surface area contributed by atoms with Gasteiger partial charge in [0.25, 0.3) is 0 Å². The number of anilines is 1. The molecule has 1 nitrogen and oxygen atoms in total. The second-order valence-electron chi connectivity index (χ2n) is 4.40. The Morgan fingerprint density at radius 1 is 1.26 bits per heavy atom. The molecule has 0 saturated carbocycles. The van der Waals surface area contributed by atoms with Gasteiger partial charge in [0.05, 0.1) is 5.69 Å². The number of aryl methyl sites for hydroxylation is 1. The van der Waals surface area contributed by atoms with Gasteiger partial charge in [0, 0.05) is 16.0 Å². The molecule has 2 aromatic rings. The fraction of sp³-hybridized carbons (Fsp3) is 0.125. The maximum absolute atomic E-state index is 6.13. The molecule has 2 aromatic carbocycles. The highest BCUT2D eigenvalue weighted by molar-refractivity contribution is 9.10. The summed E-state index contributed by atoms with van der Waals surface area (Å²) in [5.74, 6) is 0. The second kappa shape index (κ2) is 6.27. The molecule has 0 bridgehead atoms. The number of hydrogen-bond acceptors (Lipinski definition) is 1. The molecule has 0 atom stereocenters. The Kier molecular flexibility index (Phi) is 4.67. The number of hydrogen-bond donors (Lipinski definition) is 1. The molecule has 0 spiro atoms. The smallest absolute Gasteiger partial charge is 0.0502 e. The molecular formula is C16H15BrClN. The van der Waals surface area contributed by atoms with Crippen LogP contribution in [0.5, 0.6) is 0 Å². The third kappa shape index (κ3) is 3.62. The first-order chi connectivity index (χ1) is 9.08. The summed E-state index contributed by atoms with van der Waals surface area (Å²) in [5.41, 5.74) is 4.22. The zero-order valence-electron chi connectivity index (χ0n) is 10.7. The van der Waals surface area contributed by atoms with Crippen LogP contribution in [0.3, 0.4) is 0 Å². The molecule has 0 fully saturated rings. The van der Waals surface area contributed by atoms with E-state index in [4.69, 9.17) is 11.6 Å². The first kappa shape index (κ1) is 14.2. The monoisotopic (exact) mass is 335 g/mol. The fourth-order valence-corrected chi connectivity index (χ4v) is 2.52. The van der Waals surface area contributed by atoms with E-state index in [0.29, 0.717) is 6.54 Å². The van der Waals surface area contributed by atoms with Crippen LogP contribution in [0, 0.1) is 6.92 Å². The lowest BCUT2D eigenvalue weighted by Gasteiger charge is -2.12. The van der Waals surface area contributed by atoms with E-state index >= 15 is 0 Å². The maximum atomic E-state index is 6.13. The summed E-state index contributed by atoms with van der Waals surface area (Å²) in [6.45, 7) is 6.77. The second-order valence-corrected chi connectivity index (χ2v) is 5.67. The van der Waals surface area contributed by atoms with Gasteiger partial charge >= 0.3 is 0 Å². The van der Waals surface area contributed by atoms with Crippen LogP contribution in [-0.2, 0) is 0 Å². The van der Waals surface area contributed by atoms with Crippen molar-refractivity contribution in [3.05, 3.63) is 69.7 Å². The molecule has 1 N–H and O–H groups in total. The molecule has 2 rings (SSSR count). The molecule has 0 radical (unpaired) electrons. The van der Waals surface area contributed by atoms with E-state index < -0.39 is 0 Å². The molecule has 0 unspecified atom stereocenters. The third-order valence-corrected chi connectivity index (χ3v) is 3.99. The Labute approximate surface area is 127 Å². The number of benzene rings is 2. The standard InChI is InChI=1S/C16H15BrClN/c1-11-8-14(17)16(9-15(11)18)19-10-12(2)13-6-4-3-5-7-13/h3-9,19H,2,10H2,1H3. The van der Waals surface area contributed by atoms with Gasteiger partial charge in [0.2, 0.25) is 0 Å². The largest absolute Gasteiger partial charge is 0.380 e. The average molecular weight is 337 g/mol. The van der Waals surface area contributed by atoms with Gasteiger partial charge in [-0.25, -0.2) is 0 Å². The summed E-state index contributed by atoms with van der Waals surface area (Å²) in [6, 6.07) is 14.1. The van der Waals surface area contributed by atoms with Gasteiger partial charge < -0.3 is 5.32 Å².